The zero-order valence-electron chi connectivity index (χ0n) is 16.1. The number of benzene rings is 2. The Balaban J connectivity index is 1.40. The van der Waals surface area contributed by atoms with Crippen LogP contribution in [0.5, 0.6) is 5.75 Å². The molecule has 0 radical (unpaired) electrons. The molecule has 2 unspecified atom stereocenters. The van der Waals surface area contributed by atoms with Gasteiger partial charge in [-0.25, -0.2) is 0 Å². The number of para-hydroxylation sites is 1. The number of fused-ring (bicyclic) bond motifs is 1. The predicted octanol–water partition coefficient (Wildman–Crippen LogP) is 5.12. The number of thioether (sulfide) groups is 1. The van der Waals surface area contributed by atoms with Crippen molar-refractivity contribution < 1.29 is 14.3 Å². The second-order valence-electron chi connectivity index (χ2n) is 6.86. The van der Waals surface area contributed by atoms with Crippen LogP contribution in [-0.4, -0.2) is 34.4 Å². The maximum absolute atomic E-state index is 13.1. The van der Waals surface area contributed by atoms with Crippen LogP contribution in [-0.2, 0) is 4.74 Å². The van der Waals surface area contributed by atoms with E-state index in [2.05, 4.69) is 10.2 Å². The largest absolute Gasteiger partial charge is 0.482 e. The van der Waals surface area contributed by atoms with Gasteiger partial charge in [-0.3, -0.25) is 4.79 Å². The molecule has 0 fully saturated rings. The fourth-order valence-corrected chi connectivity index (χ4v) is 4.78. The fraction of sp³-hybridized carbons (Fsp3) is 0.318. The van der Waals surface area contributed by atoms with Crippen LogP contribution in [0.4, 0.5) is 0 Å². The normalized spacial score (nSPS) is 18.3. The van der Waals surface area contributed by atoms with Crippen molar-refractivity contribution in [2.75, 3.05) is 12.4 Å². The Morgan fingerprint density at radius 1 is 1.14 bits per heavy atom. The third-order valence-electron chi connectivity index (χ3n) is 4.75. The Kier molecular flexibility index (Phi) is 6.59. The molecule has 1 aliphatic heterocycles. The lowest BCUT2D eigenvalue weighted by atomic mass is 9.93. The Morgan fingerprint density at radius 2 is 1.97 bits per heavy atom. The summed E-state index contributed by atoms with van der Waals surface area (Å²) < 4.78 is 13.3. The quantitative estimate of drug-likeness (QED) is 0.368. The molecule has 1 aliphatic rings. The number of nitrogens with zero attached hydrogens (tertiary/aromatic N) is 2. The first-order valence-corrected chi connectivity index (χ1v) is 11.5. The third-order valence-corrected chi connectivity index (χ3v) is 6.69. The van der Waals surface area contributed by atoms with Crippen molar-refractivity contribution >= 4 is 28.9 Å². The van der Waals surface area contributed by atoms with Crippen LogP contribution in [0.2, 0.25) is 0 Å². The van der Waals surface area contributed by atoms with Crippen LogP contribution in [0.25, 0.3) is 0 Å². The minimum Gasteiger partial charge on any atom is -0.482 e. The summed E-state index contributed by atoms with van der Waals surface area (Å²) in [5, 5.41) is 7.87. The van der Waals surface area contributed by atoms with Crippen LogP contribution in [0.3, 0.4) is 0 Å². The van der Waals surface area contributed by atoms with E-state index >= 15 is 0 Å². The molecule has 0 saturated carbocycles. The Labute approximate surface area is 178 Å². The molecule has 0 bridgehead atoms. The zero-order chi connectivity index (χ0) is 20.1. The van der Waals surface area contributed by atoms with E-state index in [-0.39, 0.29) is 5.78 Å². The molecular formula is C22H22N2O3S2. The molecule has 3 aromatic rings. The van der Waals surface area contributed by atoms with Crippen molar-refractivity contribution in [1.29, 1.82) is 0 Å². The van der Waals surface area contributed by atoms with E-state index in [1.165, 1.54) is 5.56 Å². The zero-order valence-corrected chi connectivity index (χ0v) is 17.7. The molecule has 0 spiro atoms. The molecule has 2 heterocycles. The molecule has 0 N–H and O–H groups in total. The fourth-order valence-electron chi connectivity index (χ4n) is 3.22. The number of ether oxygens (including phenoxy) is 2. The number of aryl methyl sites for hydroxylation is 1. The van der Waals surface area contributed by atoms with Crippen molar-refractivity contribution in [1.82, 2.24) is 10.2 Å². The summed E-state index contributed by atoms with van der Waals surface area (Å²) in [5.41, 5.74) is 4.45. The van der Waals surface area contributed by atoms with Crippen molar-refractivity contribution in [3.8, 4) is 5.75 Å². The van der Waals surface area contributed by atoms with Gasteiger partial charge in [0, 0.05) is 12.4 Å². The number of Topliss-reactive ketones (excluding diaryl/α,β-unsaturated/α-hetero) is 1. The number of carbonyl (C=O) groups excluding carboxylic acids is 1. The van der Waals surface area contributed by atoms with Gasteiger partial charge in [0.2, 0.25) is 0 Å². The smallest absolute Gasteiger partial charge is 0.199 e. The molecule has 4 rings (SSSR count). The lowest BCUT2D eigenvalue weighted by molar-refractivity contribution is -0.0224. The standard InChI is InChI=1S/C22H22N2O3S2/c1-15-8-10-16(11-9-15)20-21(19(25)17-6-2-3-7-18(17)27-20)26-12-4-5-13-28-22-24-23-14-29-22/h2-3,6-11,14,20-21H,4-5,12-13H2,1H3. The van der Waals surface area contributed by atoms with E-state index in [9.17, 15) is 4.79 Å². The maximum Gasteiger partial charge on any atom is 0.199 e. The lowest BCUT2D eigenvalue weighted by Crippen LogP contribution is -2.38. The van der Waals surface area contributed by atoms with Gasteiger partial charge in [-0.1, -0.05) is 65.1 Å². The van der Waals surface area contributed by atoms with E-state index in [4.69, 9.17) is 9.47 Å². The Morgan fingerprint density at radius 3 is 2.76 bits per heavy atom. The van der Waals surface area contributed by atoms with E-state index in [1.54, 1.807) is 34.7 Å². The van der Waals surface area contributed by atoms with E-state index in [1.807, 2.05) is 49.4 Å². The van der Waals surface area contributed by atoms with Crippen molar-refractivity contribution in [2.45, 2.75) is 36.3 Å². The maximum atomic E-state index is 13.1. The van der Waals surface area contributed by atoms with Crippen molar-refractivity contribution in [2.24, 2.45) is 0 Å². The first-order chi connectivity index (χ1) is 14.2. The monoisotopic (exact) mass is 426 g/mol. The Bertz CT molecular complexity index is 945. The molecule has 0 saturated heterocycles. The van der Waals surface area contributed by atoms with Gasteiger partial charge >= 0.3 is 0 Å². The van der Waals surface area contributed by atoms with Crippen molar-refractivity contribution in [3.05, 3.63) is 70.7 Å². The molecule has 5 nitrogen and oxygen atoms in total. The van der Waals surface area contributed by atoms with Gasteiger partial charge < -0.3 is 9.47 Å². The number of hydrogen-bond donors (Lipinski definition) is 0. The summed E-state index contributed by atoms with van der Waals surface area (Å²) in [5.74, 6) is 1.56. The second-order valence-corrected chi connectivity index (χ2v) is 9.04. The first-order valence-electron chi connectivity index (χ1n) is 9.59. The molecule has 0 aliphatic carbocycles. The minimum absolute atomic E-state index is 0.0133. The summed E-state index contributed by atoms with van der Waals surface area (Å²) in [6.07, 6.45) is 0.785. The first kappa shape index (κ1) is 20.1. The van der Waals surface area contributed by atoms with E-state index in [0.29, 0.717) is 17.9 Å². The van der Waals surface area contributed by atoms with Crippen LogP contribution in [0, 0.1) is 6.92 Å². The van der Waals surface area contributed by atoms with Gasteiger partial charge in [-0.05, 0) is 37.5 Å². The van der Waals surface area contributed by atoms with Gasteiger partial charge in [-0.15, -0.1) is 10.2 Å². The topological polar surface area (TPSA) is 61.3 Å². The van der Waals surface area contributed by atoms with Gasteiger partial charge in [0.25, 0.3) is 0 Å². The number of aromatic nitrogens is 2. The van der Waals surface area contributed by atoms with E-state index in [0.717, 1.165) is 28.5 Å². The number of carbonyl (C=O) groups is 1. The molecule has 29 heavy (non-hydrogen) atoms. The molecule has 7 heteroatoms. The highest BCUT2D eigenvalue weighted by molar-refractivity contribution is 8.00. The second kappa shape index (κ2) is 9.52. The highest BCUT2D eigenvalue weighted by Gasteiger charge is 2.38. The third kappa shape index (κ3) is 4.86. The van der Waals surface area contributed by atoms with E-state index < -0.39 is 12.2 Å². The number of rotatable bonds is 8. The van der Waals surface area contributed by atoms with Gasteiger partial charge in [0.15, 0.2) is 22.3 Å². The summed E-state index contributed by atoms with van der Waals surface area (Å²) in [6, 6.07) is 15.5. The summed E-state index contributed by atoms with van der Waals surface area (Å²) >= 11 is 3.25. The lowest BCUT2D eigenvalue weighted by Gasteiger charge is -2.32. The summed E-state index contributed by atoms with van der Waals surface area (Å²) in [4.78, 5) is 13.1. The molecule has 0 amide bonds. The predicted molar refractivity (Wildman–Crippen MR) is 115 cm³/mol. The number of hydrogen-bond acceptors (Lipinski definition) is 7. The van der Waals surface area contributed by atoms with Gasteiger partial charge in [0.05, 0.1) is 5.56 Å². The summed E-state index contributed by atoms with van der Waals surface area (Å²) in [6.45, 7) is 2.56. The molecule has 2 aromatic carbocycles. The molecular weight excluding hydrogens is 404 g/mol. The molecule has 2 atom stereocenters. The van der Waals surface area contributed by atoms with Gasteiger partial charge in [-0.2, -0.15) is 0 Å². The number of unbranched alkanes of at least 4 members (excludes halogenated alkanes) is 1. The molecule has 1 aromatic heterocycles. The average molecular weight is 427 g/mol. The average Bonchev–Trinajstić information content (AvgIpc) is 3.26. The van der Waals surface area contributed by atoms with Gasteiger partial charge in [0.1, 0.15) is 11.3 Å². The van der Waals surface area contributed by atoms with Crippen LogP contribution < -0.4 is 4.74 Å². The highest BCUT2D eigenvalue weighted by Crippen LogP contribution is 2.36. The van der Waals surface area contributed by atoms with Crippen molar-refractivity contribution in [3.63, 3.8) is 0 Å². The SMILES string of the molecule is Cc1ccc(C2Oc3ccccc3C(=O)C2OCCCCSc2nncs2)cc1. The number of ketones is 1. The Hall–Kier alpha value is -2.22. The molecule has 150 valence electrons. The van der Waals surface area contributed by atoms with Crippen LogP contribution in [0.1, 0.15) is 40.4 Å². The summed E-state index contributed by atoms with van der Waals surface area (Å²) in [7, 11) is 0. The highest BCUT2D eigenvalue weighted by atomic mass is 32.2. The van der Waals surface area contributed by atoms with Crippen LogP contribution >= 0.6 is 23.1 Å². The van der Waals surface area contributed by atoms with Crippen LogP contribution in [0.15, 0.2) is 58.4 Å². The minimum atomic E-state index is -0.636.